The number of thiophene rings is 1. The van der Waals surface area contributed by atoms with E-state index in [-0.39, 0.29) is 0 Å². The van der Waals surface area contributed by atoms with Gasteiger partial charge in [-0.05, 0) is 30.3 Å². The number of fused-ring (bicyclic) bond motifs is 2. The Balaban J connectivity index is 1.57. The standard InChI is InChI=1S/C23H21N5O3S/c1-27(15-5-6-17(29-2)18(10-15)30-3)22-8-7-21-25-12-16(28(21)26-22)20-9-14-11-24-13-19(31-4)23(14)32-20/h5-13H,1-4H3. The van der Waals surface area contributed by atoms with Gasteiger partial charge in [0.25, 0.3) is 0 Å². The molecule has 0 atom stereocenters. The molecule has 32 heavy (non-hydrogen) atoms. The van der Waals surface area contributed by atoms with Crippen LogP contribution in [-0.4, -0.2) is 48.0 Å². The Kier molecular flexibility index (Phi) is 5.02. The number of ether oxygens (including phenoxy) is 3. The normalized spacial score (nSPS) is 11.1. The molecule has 0 spiro atoms. The van der Waals surface area contributed by atoms with E-state index < -0.39 is 0 Å². The van der Waals surface area contributed by atoms with Crippen molar-refractivity contribution in [2.45, 2.75) is 0 Å². The smallest absolute Gasteiger partial charge is 0.162 e. The van der Waals surface area contributed by atoms with Gasteiger partial charge in [0, 0.05) is 30.4 Å². The Morgan fingerprint density at radius 1 is 0.875 bits per heavy atom. The van der Waals surface area contributed by atoms with E-state index in [9.17, 15) is 0 Å². The number of hydrogen-bond acceptors (Lipinski definition) is 8. The largest absolute Gasteiger partial charge is 0.494 e. The van der Waals surface area contributed by atoms with Crippen molar-refractivity contribution in [3.05, 3.63) is 55.0 Å². The predicted octanol–water partition coefficient (Wildman–Crippen LogP) is 4.80. The van der Waals surface area contributed by atoms with Gasteiger partial charge in [0.2, 0.25) is 0 Å². The fraction of sp³-hybridized carbons (Fsp3) is 0.174. The summed E-state index contributed by atoms with van der Waals surface area (Å²) in [7, 11) is 6.86. The molecule has 0 amide bonds. The molecule has 5 aromatic rings. The second-order valence-corrected chi connectivity index (χ2v) is 8.13. The van der Waals surface area contributed by atoms with Gasteiger partial charge in [-0.1, -0.05) is 0 Å². The maximum atomic E-state index is 5.46. The summed E-state index contributed by atoms with van der Waals surface area (Å²) in [5.41, 5.74) is 2.60. The van der Waals surface area contributed by atoms with Crippen molar-refractivity contribution in [3.63, 3.8) is 0 Å². The number of nitrogens with zero attached hydrogens (tertiary/aromatic N) is 5. The summed E-state index contributed by atoms with van der Waals surface area (Å²) in [6.45, 7) is 0. The molecule has 0 aliphatic carbocycles. The van der Waals surface area contributed by atoms with E-state index in [1.807, 2.05) is 59.2 Å². The van der Waals surface area contributed by atoms with Gasteiger partial charge in [0.15, 0.2) is 28.7 Å². The minimum Gasteiger partial charge on any atom is -0.494 e. The highest BCUT2D eigenvalue weighted by Gasteiger charge is 2.16. The van der Waals surface area contributed by atoms with Gasteiger partial charge in [-0.15, -0.1) is 16.4 Å². The van der Waals surface area contributed by atoms with Crippen molar-refractivity contribution in [2.24, 2.45) is 0 Å². The molecule has 8 nitrogen and oxygen atoms in total. The first-order chi connectivity index (χ1) is 15.6. The Morgan fingerprint density at radius 2 is 1.69 bits per heavy atom. The lowest BCUT2D eigenvalue weighted by atomic mass is 10.2. The van der Waals surface area contributed by atoms with Crippen LogP contribution in [0.5, 0.6) is 17.2 Å². The van der Waals surface area contributed by atoms with Gasteiger partial charge < -0.3 is 19.1 Å². The zero-order valence-electron chi connectivity index (χ0n) is 18.1. The first-order valence-corrected chi connectivity index (χ1v) is 10.7. The molecule has 162 valence electrons. The first-order valence-electron chi connectivity index (χ1n) is 9.85. The van der Waals surface area contributed by atoms with E-state index in [0.717, 1.165) is 43.6 Å². The van der Waals surface area contributed by atoms with Gasteiger partial charge >= 0.3 is 0 Å². The highest BCUT2D eigenvalue weighted by molar-refractivity contribution is 7.22. The lowest BCUT2D eigenvalue weighted by molar-refractivity contribution is 0.355. The van der Waals surface area contributed by atoms with Crippen molar-refractivity contribution < 1.29 is 14.2 Å². The Bertz CT molecular complexity index is 1430. The van der Waals surface area contributed by atoms with E-state index in [4.69, 9.17) is 19.3 Å². The maximum absolute atomic E-state index is 5.46. The van der Waals surface area contributed by atoms with E-state index in [2.05, 4.69) is 16.0 Å². The van der Waals surface area contributed by atoms with Crippen LogP contribution in [0.2, 0.25) is 0 Å². The highest BCUT2D eigenvalue weighted by atomic mass is 32.1. The van der Waals surface area contributed by atoms with Crippen LogP contribution in [0, 0.1) is 0 Å². The molecule has 4 heterocycles. The Hall–Kier alpha value is -3.85. The molecule has 0 radical (unpaired) electrons. The van der Waals surface area contributed by atoms with Crippen molar-refractivity contribution in [2.75, 3.05) is 33.3 Å². The topological polar surface area (TPSA) is 74.0 Å². The molecule has 5 rings (SSSR count). The second kappa shape index (κ2) is 8.01. The molecule has 0 aliphatic rings. The van der Waals surface area contributed by atoms with Crippen LogP contribution in [0.4, 0.5) is 11.5 Å². The van der Waals surface area contributed by atoms with Gasteiger partial charge in [-0.3, -0.25) is 4.98 Å². The predicted molar refractivity (Wildman–Crippen MR) is 126 cm³/mol. The average molecular weight is 448 g/mol. The molecule has 0 unspecified atom stereocenters. The number of hydrogen-bond donors (Lipinski definition) is 0. The monoisotopic (exact) mass is 447 g/mol. The minimum absolute atomic E-state index is 0.661. The number of methoxy groups -OCH3 is 3. The summed E-state index contributed by atoms with van der Waals surface area (Å²) in [5, 5.41) is 5.89. The summed E-state index contributed by atoms with van der Waals surface area (Å²) in [4.78, 5) is 11.8. The van der Waals surface area contributed by atoms with Crippen LogP contribution in [0.3, 0.4) is 0 Å². The van der Waals surface area contributed by atoms with Gasteiger partial charge in [-0.2, -0.15) is 0 Å². The van der Waals surface area contributed by atoms with Gasteiger partial charge in [0.05, 0.1) is 43.3 Å². The van der Waals surface area contributed by atoms with Crippen molar-refractivity contribution >= 4 is 38.6 Å². The summed E-state index contributed by atoms with van der Waals surface area (Å²) in [6, 6.07) is 11.8. The Labute approximate surface area is 188 Å². The molecule has 4 aromatic heterocycles. The molecular weight excluding hydrogens is 426 g/mol. The van der Waals surface area contributed by atoms with Crippen molar-refractivity contribution in [1.82, 2.24) is 19.6 Å². The van der Waals surface area contributed by atoms with Crippen LogP contribution in [0.25, 0.3) is 26.3 Å². The number of anilines is 2. The van der Waals surface area contributed by atoms with Gasteiger partial charge in [-0.25, -0.2) is 9.50 Å². The lowest BCUT2D eigenvalue weighted by Gasteiger charge is -2.20. The fourth-order valence-corrected chi connectivity index (χ4v) is 4.70. The molecular formula is C23H21N5O3S. The van der Waals surface area contributed by atoms with E-state index in [1.54, 1.807) is 38.9 Å². The third-order valence-corrected chi connectivity index (χ3v) is 6.50. The summed E-state index contributed by atoms with van der Waals surface area (Å²) >= 11 is 1.63. The number of imidazole rings is 1. The molecule has 0 N–H and O–H groups in total. The molecule has 0 fully saturated rings. The average Bonchev–Trinajstić information content (AvgIpc) is 3.46. The van der Waals surface area contributed by atoms with E-state index >= 15 is 0 Å². The summed E-state index contributed by atoms with van der Waals surface area (Å²) < 4.78 is 19.2. The number of aromatic nitrogens is 4. The third kappa shape index (κ3) is 3.27. The zero-order chi connectivity index (χ0) is 22.2. The molecule has 1 aromatic carbocycles. The van der Waals surface area contributed by atoms with Crippen molar-refractivity contribution in [1.29, 1.82) is 0 Å². The number of rotatable bonds is 6. The molecule has 0 saturated carbocycles. The van der Waals surface area contributed by atoms with Crippen LogP contribution in [0.15, 0.2) is 55.0 Å². The molecule has 0 saturated heterocycles. The third-order valence-electron chi connectivity index (χ3n) is 5.31. The first kappa shape index (κ1) is 20.1. The Morgan fingerprint density at radius 3 is 2.47 bits per heavy atom. The number of pyridine rings is 1. The van der Waals surface area contributed by atoms with Crippen LogP contribution in [0.1, 0.15) is 0 Å². The van der Waals surface area contributed by atoms with Crippen LogP contribution >= 0.6 is 11.3 Å². The highest BCUT2D eigenvalue weighted by Crippen LogP contribution is 2.38. The lowest BCUT2D eigenvalue weighted by Crippen LogP contribution is -2.13. The fourth-order valence-electron chi connectivity index (χ4n) is 3.59. The molecule has 0 bridgehead atoms. The quantitative estimate of drug-likeness (QED) is 0.370. The van der Waals surface area contributed by atoms with E-state index in [1.165, 1.54) is 0 Å². The summed E-state index contributed by atoms with van der Waals surface area (Å²) in [6.07, 6.45) is 5.41. The maximum Gasteiger partial charge on any atom is 0.162 e. The SMILES string of the molecule is COc1ccc(N(C)c2ccc3ncc(-c4cc5cncc(OC)c5s4)n3n2)cc1OC. The summed E-state index contributed by atoms with van der Waals surface area (Å²) in [5.74, 6) is 2.87. The second-order valence-electron chi connectivity index (χ2n) is 7.07. The number of benzene rings is 1. The molecule has 9 heteroatoms. The molecule has 0 aliphatic heterocycles. The van der Waals surface area contributed by atoms with E-state index in [0.29, 0.717) is 11.5 Å². The van der Waals surface area contributed by atoms with Crippen LogP contribution in [-0.2, 0) is 0 Å². The van der Waals surface area contributed by atoms with Crippen molar-refractivity contribution in [3.8, 4) is 27.8 Å². The van der Waals surface area contributed by atoms with Gasteiger partial charge in [0.1, 0.15) is 5.69 Å². The zero-order valence-corrected chi connectivity index (χ0v) is 18.9. The minimum atomic E-state index is 0.661. The van der Waals surface area contributed by atoms with Crippen LogP contribution < -0.4 is 19.1 Å².